The van der Waals surface area contributed by atoms with Crippen LogP contribution >= 0.6 is 15.9 Å². The molecule has 3 aliphatic carbocycles. The Morgan fingerprint density at radius 1 is 1.13 bits per heavy atom. The zero-order valence-corrected chi connectivity index (χ0v) is 11.3. The SMILES string of the molecule is CC1(C)C2CCC(C2)C1(CBr)OC1CC1. The minimum absolute atomic E-state index is 0.150. The van der Waals surface area contributed by atoms with Crippen molar-refractivity contribution >= 4 is 15.9 Å². The highest BCUT2D eigenvalue weighted by molar-refractivity contribution is 9.09. The second-order valence-electron chi connectivity index (χ2n) is 6.27. The third-order valence-corrected chi connectivity index (χ3v) is 6.14. The van der Waals surface area contributed by atoms with Crippen LogP contribution in [-0.2, 0) is 4.74 Å². The molecule has 0 spiro atoms. The smallest absolute Gasteiger partial charge is 0.0863 e. The molecule has 86 valence electrons. The van der Waals surface area contributed by atoms with Gasteiger partial charge in [0.15, 0.2) is 0 Å². The molecule has 0 heterocycles. The van der Waals surface area contributed by atoms with E-state index in [1.54, 1.807) is 0 Å². The van der Waals surface area contributed by atoms with Crippen molar-refractivity contribution in [1.29, 1.82) is 0 Å². The van der Waals surface area contributed by atoms with Crippen molar-refractivity contribution < 1.29 is 4.74 Å². The van der Waals surface area contributed by atoms with E-state index in [0.29, 0.717) is 11.5 Å². The summed E-state index contributed by atoms with van der Waals surface area (Å²) in [7, 11) is 0. The summed E-state index contributed by atoms with van der Waals surface area (Å²) in [6.45, 7) is 4.86. The van der Waals surface area contributed by atoms with Crippen LogP contribution in [0.4, 0.5) is 0 Å². The van der Waals surface area contributed by atoms with E-state index >= 15 is 0 Å². The fraction of sp³-hybridized carbons (Fsp3) is 1.00. The first-order chi connectivity index (χ1) is 7.10. The number of ether oxygens (including phenoxy) is 1. The summed E-state index contributed by atoms with van der Waals surface area (Å²) < 4.78 is 6.46. The van der Waals surface area contributed by atoms with Crippen LogP contribution in [0.25, 0.3) is 0 Å². The highest BCUT2D eigenvalue weighted by atomic mass is 79.9. The average molecular weight is 273 g/mol. The van der Waals surface area contributed by atoms with Crippen molar-refractivity contribution in [3.8, 4) is 0 Å². The lowest BCUT2D eigenvalue weighted by atomic mass is 9.66. The van der Waals surface area contributed by atoms with Gasteiger partial charge < -0.3 is 4.74 Å². The van der Waals surface area contributed by atoms with E-state index in [2.05, 4.69) is 29.8 Å². The van der Waals surface area contributed by atoms with Gasteiger partial charge in [0.05, 0.1) is 11.7 Å². The minimum Gasteiger partial charge on any atom is -0.370 e. The van der Waals surface area contributed by atoms with Gasteiger partial charge in [-0.05, 0) is 49.4 Å². The number of fused-ring (bicyclic) bond motifs is 2. The Labute approximate surface area is 101 Å². The minimum atomic E-state index is 0.150. The van der Waals surface area contributed by atoms with Gasteiger partial charge >= 0.3 is 0 Å². The molecule has 2 heteroatoms. The van der Waals surface area contributed by atoms with Gasteiger partial charge in [-0.2, -0.15) is 0 Å². The summed E-state index contributed by atoms with van der Waals surface area (Å²) >= 11 is 3.74. The van der Waals surface area contributed by atoms with Gasteiger partial charge in [-0.25, -0.2) is 0 Å². The van der Waals surface area contributed by atoms with Crippen molar-refractivity contribution in [2.45, 2.75) is 57.7 Å². The number of hydrogen-bond acceptors (Lipinski definition) is 1. The molecule has 0 saturated heterocycles. The molecule has 3 saturated carbocycles. The maximum absolute atomic E-state index is 6.46. The quantitative estimate of drug-likeness (QED) is 0.711. The molecule has 0 N–H and O–H groups in total. The molecule has 2 bridgehead atoms. The van der Waals surface area contributed by atoms with Crippen LogP contribution in [0.3, 0.4) is 0 Å². The zero-order chi connectivity index (χ0) is 10.7. The van der Waals surface area contributed by atoms with Crippen LogP contribution in [0.1, 0.15) is 46.0 Å². The van der Waals surface area contributed by atoms with Gasteiger partial charge in [-0.1, -0.05) is 29.8 Å². The van der Waals surface area contributed by atoms with Crippen molar-refractivity contribution in [2.75, 3.05) is 5.33 Å². The lowest BCUT2D eigenvalue weighted by Gasteiger charge is -2.49. The Hall–Kier alpha value is 0.440. The maximum atomic E-state index is 6.46. The van der Waals surface area contributed by atoms with E-state index in [1.807, 2.05) is 0 Å². The lowest BCUT2D eigenvalue weighted by molar-refractivity contribution is -0.145. The summed E-state index contributed by atoms with van der Waals surface area (Å²) in [4.78, 5) is 0. The third-order valence-electron chi connectivity index (χ3n) is 5.30. The summed E-state index contributed by atoms with van der Waals surface area (Å²) in [5.41, 5.74) is 0.527. The van der Waals surface area contributed by atoms with Gasteiger partial charge in [-0.3, -0.25) is 0 Å². The van der Waals surface area contributed by atoms with Crippen LogP contribution in [0.5, 0.6) is 0 Å². The first kappa shape index (κ1) is 10.6. The molecular weight excluding hydrogens is 252 g/mol. The van der Waals surface area contributed by atoms with Gasteiger partial charge in [0, 0.05) is 5.33 Å². The third kappa shape index (κ3) is 1.30. The largest absolute Gasteiger partial charge is 0.370 e. The average Bonchev–Trinajstić information content (AvgIpc) is 2.81. The van der Waals surface area contributed by atoms with Gasteiger partial charge in [-0.15, -0.1) is 0 Å². The molecule has 3 atom stereocenters. The second-order valence-corrected chi connectivity index (χ2v) is 6.83. The fourth-order valence-electron chi connectivity index (χ4n) is 3.98. The molecule has 15 heavy (non-hydrogen) atoms. The molecular formula is C13H21BrO. The Morgan fingerprint density at radius 3 is 2.27 bits per heavy atom. The fourth-order valence-corrected chi connectivity index (χ4v) is 5.29. The normalized spacial score (nSPS) is 47.4. The van der Waals surface area contributed by atoms with E-state index in [-0.39, 0.29) is 5.60 Å². The molecule has 3 aliphatic rings. The highest BCUT2D eigenvalue weighted by Crippen LogP contribution is 2.64. The van der Waals surface area contributed by atoms with Crippen LogP contribution in [-0.4, -0.2) is 17.0 Å². The van der Waals surface area contributed by atoms with E-state index in [9.17, 15) is 0 Å². The van der Waals surface area contributed by atoms with E-state index < -0.39 is 0 Å². The van der Waals surface area contributed by atoms with E-state index in [1.165, 1.54) is 32.1 Å². The van der Waals surface area contributed by atoms with Crippen molar-refractivity contribution in [3.63, 3.8) is 0 Å². The molecule has 1 nitrogen and oxygen atoms in total. The molecule has 0 aromatic carbocycles. The van der Waals surface area contributed by atoms with Crippen LogP contribution in [0.15, 0.2) is 0 Å². The van der Waals surface area contributed by atoms with E-state index in [4.69, 9.17) is 4.74 Å². The standard InChI is InChI=1S/C13H21BrO/c1-12(2)9-3-4-10(7-9)13(12,8-14)15-11-5-6-11/h9-11H,3-8H2,1-2H3. The molecule has 0 aliphatic heterocycles. The number of hydrogen-bond donors (Lipinski definition) is 0. The Bertz CT molecular complexity index is 272. The first-order valence-corrected chi connectivity index (χ1v) is 7.46. The molecule has 3 unspecified atom stereocenters. The summed E-state index contributed by atoms with van der Waals surface area (Å²) in [5.74, 6) is 1.72. The van der Waals surface area contributed by atoms with Crippen molar-refractivity contribution in [3.05, 3.63) is 0 Å². The molecule has 0 radical (unpaired) electrons. The zero-order valence-electron chi connectivity index (χ0n) is 9.76. The predicted molar refractivity (Wildman–Crippen MR) is 65.2 cm³/mol. The number of rotatable bonds is 3. The molecule has 3 rings (SSSR count). The summed E-state index contributed by atoms with van der Waals surface area (Å²) in [6, 6.07) is 0. The number of halogens is 1. The molecule has 0 amide bonds. The molecule has 0 aromatic rings. The second kappa shape index (κ2) is 3.22. The maximum Gasteiger partial charge on any atom is 0.0863 e. The summed E-state index contributed by atoms with van der Waals surface area (Å²) in [5, 5.41) is 1.03. The monoisotopic (exact) mass is 272 g/mol. The van der Waals surface area contributed by atoms with Crippen LogP contribution < -0.4 is 0 Å². The van der Waals surface area contributed by atoms with Crippen LogP contribution in [0, 0.1) is 17.3 Å². The van der Waals surface area contributed by atoms with E-state index in [0.717, 1.165) is 17.2 Å². The van der Waals surface area contributed by atoms with Crippen LogP contribution in [0.2, 0.25) is 0 Å². The van der Waals surface area contributed by atoms with Crippen molar-refractivity contribution in [1.82, 2.24) is 0 Å². The Kier molecular flexibility index (Phi) is 2.28. The molecule has 3 fully saturated rings. The summed E-state index contributed by atoms with van der Waals surface area (Å²) in [6.07, 6.45) is 7.41. The topological polar surface area (TPSA) is 9.23 Å². The van der Waals surface area contributed by atoms with Crippen molar-refractivity contribution in [2.24, 2.45) is 17.3 Å². The molecule has 0 aromatic heterocycles. The number of alkyl halides is 1. The predicted octanol–water partition coefficient (Wildman–Crippen LogP) is 3.76. The Balaban J connectivity index is 1.91. The Morgan fingerprint density at radius 2 is 1.80 bits per heavy atom. The van der Waals surface area contributed by atoms with Gasteiger partial charge in [0.25, 0.3) is 0 Å². The van der Waals surface area contributed by atoms with Gasteiger partial charge in [0.1, 0.15) is 0 Å². The highest BCUT2D eigenvalue weighted by Gasteiger charge is 2.64. The lowest BCUT2D eigenvalue weighted by Crippen LogP contribution is -2.53. The first-order valence-electron chi connectivity index (χ1n) is 6.34. The van der Waals surface area contributed by atoms with Gasteiger partial charge in [0.2, 0.25) is 0 Å².